The molecule has 1 aromatic heterocycles. The minimum atomic E-state index is 0.384. The van der Waals surface area contributed by atoms with E-state index in [-0.39, 0.29) is 0 Å². The minimum absolute atomic E-state index is 0.384. The monoisotopic (exact) mass is 455 g/mol. The molecule has 4 heteroatoms. The number of pyridine rings is 1. The van der Waals surface area contributed by atoms with Crippen LogP contribution in [0, 0.1) is 13.8 Å². The van der Waals surface area contributed by atoms with Gasteiger partial charge in [-0.25, -0.2) is 0 Å². The fourth-order valence-electron chi connectivity index (χ4n) is 4.63. The largest absolute Gasteiger partial charge is 0.497 e. The van der Waals surface area contributed by atoms with Gasteiger partial charge in [0.05, 0.1) is 25.5 Å². The standard InChI is InChI=1S/C30H33NO3/c1-7-21-10-9-11-22(8-2)28(21)29-19(3)30(33-6)27(20(4)31-29)18-34-26-15-13-23-12-14-25(32-5)16-24(23)17-26/h9-17H,7-8,18H2,1-6H3. The molecule has 4 nitrogen and oxygen atoms in total. The van der Waals surface area contributed by atoms with Gasteiger partial charge in [-0.15, -0.1) is 0 Å². The first kappa shape index (κ1) is 23.6. The van der Waals surface area contributed by atoms with Crippen LogP contribution >= 0.6 is 0 Å². The van der Waals surface area contributed by atoms with Crippen molar-refractivity contribution in [3.8, 4) is 28.5 Å². The molecule has 0 saturated carbocycles. The van der Waals surface area contributed by atoms with Crippen molar-refractivity contribution < 1.29 is 14.2 Å². The Kier molecular flexibility index (Phi) is 7.06. The van der Waals surface area contributed by atoms with Gasteiger partial charge >= 0.3 is 0 Å². The average molecular weight is 456 g/mol. The maximum absolute atomic E-state index is 6.23. The summed E-state index contributed by atoms with van der Waals surface area (Å²) in [5.41, 5.74) is 7.81. The molecule has 0 fully saturated rings. The molecule has 0 unspecified atom stereocenters. The van der Waals surface area contributed by atoms with Crippen LogP contribution in [0.5, 0.6) is 17.2 Å². The van der Waals surface area contributed by atoms with Crippen molar-refractivity contribution in [2.45, 2.75) is 47.1 Å². The van der Waals surface area contributed by atoms with E-state index in [9.17, 15) is 0 Å². The van der Waals surface area contributed by atoms with Gasteiger partial charge in [-0.05, 0) is 72.9 Å². The van der Waals surface area contributed by atoms with Gasteiger partial charge in [0.25, 0.3) is 0 Å². The van der Waals surface area contributed by atoms with Crippen LogP contribution in [0.4, 0.5) is 0 Å². The summed E-state index contributed by atoms with van der Waals surface area (Å²) in [4.78, 5) is 5.08. The number of ether oxygens (including phenoxy) is 3. The minimum Gasteiger partial charge on any atom is -0.497 e. The Morgan fingerprint density at radius 2 is 1.41 bits per heavy atom. The van der Waals surface area contributed by atoms with Gasteiger partial charge in [0.1, 0.15) is 23.9 Å². The van der Waals surface area contributed by atoms with Crippen LogP contribution in [0.2, 0.25) is 0 Å². The molecule has 0 saturated heterocycles. The highest BCUT2D eigenvalue weighted by atomic mass is 16.5. The molecular formula is C30H33NO3. The van der Waals surface area contributed by atoms with E-state index in [0.717, 1.165) is 63.4 Å². The molecule has 0 aliphatic carbocycles. The lowest BCUT2D eigenvalue weighted by atomic mass is 9.91. The van der Waals surface area contributed by atoms with Crippen LogP contribution in [0.3, 0.4) is 0 Å². The van der Waals surface area contributed by atoms with E-state index in [1.54, 1.807) is 14.2 Å². The number of nitrogens with zero attached hydrogens (tertiary/aromatic N) is 1. The first-order chi connectivity index (χ1) is 16.5. The van der Waals surface area contributed by atoms with Crippen LogP contribution in [0.25, 0.3) is 22.0 Å². The molecule has 0 radical (unpaired) electrons. The Bertz CT molecular complexity index is 1300. The zero-order chi connectivity index (χ0) is 24.2. The van der Waals surface area contributed by atoms with Crippen molar-refractivity contribution >= 4 is 10.8 Å². The quantitative estimate of drug-likeness (QED) is 0.281. The van der Waals surface area contributed by atoms with Crippen LogP contribution in [0.15, 0.2) is 54.6 Å². The highest BCUT2D eigenvalue weighted by molar-refractivity contribution is 5.85. The third kappa shape index (κ3) is 4.45. The molecule has 176 valence electrons. The molecule has 4 rings (SSSR count). The number of fused-ring (bicyclic) bond motifs is 1. The summed E-state index contributed by atoms with van der Waals surface area (Å²) in [5, 5.41) is 2.22. The predicted molar refractivity (Wildman–Crippen MR) is 139 cm³/mol. The third-order valence-corrected chi connectivity index (χ3v) is 6.53. The lowest BCUT2D eigenvalue weighted by molar-refractivity contribution is 0.295. The fourth-order valence-corrected chi connectivity index (χ4v) is 4.63. The second kappa shape index (κ2) is 10.2. The smallest absolute Gasteiger partial charge is 0.132 e. The summed E-state index contributed by atoms with van der Waals surface area (Å²) in [5.74, 6) is 2.47. The molecule has 34 heavy (non-hydrogen) atoms. The Balaban J connectivity index is 1.71. The highest BCUT2D eigenvalue weighted by Gasteiger charge is 2.20. The second-order valence-corrected chi connectivity index (χ2v) is 8.50. The van der Waals surface area contributed by atoms with Gasteiger partial charge in [-0.2, -0.15) is 0 Å². The predicted octanol–water partition coefficient (Wildman–Crippen LogP) is 7.24. The maximum Gasteiger partial charge on any atom is 0.132 e. The van der Waals surface area contributed by atoms with Gasteiger partial charge in [0.15, 0.2) is 0 Å². The summed E-state index contributed by atoms with van der Waals surface area (Å²) in [6, 6.07) is 18.7. The number of rotatable bonds is 8. The van der Waals surface area contributed by atoms with E-state index >= 15 is 0 Å². The van der Waals surface area contributed by atoms with E-state index in [1.165, 1.54) is 16.7 Å². The second-order valence-electron chi connectivity index (χ2n) is 8.50. The molecule has 0 aliphatic rings. The summed E-state index contributed by atoms with van der Waals surface area (Å²) < 4.78 is 17.5. The Labute approximate surface area is 202 Å². The molecular weight excluding hydrogens is 422 g/mol. The van der Waals surface area contributed by atoms with Gasteiger partial charge in [0.2, 0.25) is 0 Å². The van der Waals surface area contributed by atoms with Crippen LogP contribution < -0.4 is 14.2 Å². The molecule has 3 aromatic carbocycles. The molecule has 0 N–H and O–H groups in total. The van der Waals surface area contributed by atoms with Crippen LogP contribution in [-0.4, -0.2) is 19.2 Å². The zero-order valence-corrected chi connectivity index (χ0v) is 21.0. The van der Waals surface area contributed by atoms with Crippen molar-refractivity contribution in [1.29, 1.82) is 0 Å². The van der Waals surface area contributed by atoms with Gasteiger partial charge in [0, 0.05) is 16.8 Å². The summed E-state index contributed by atoms with van der Waals surface area (Å²) in [6.45, 7) is 8.90. The summed E-state index contributed by atoms with van der Waals surface area (Å²) >= 11 is 0. The number of methoxy groups -OCH3 is 2. The van der Waals surface area contributed by atoms with Crippen LogP contribution in [-0.2, 0) is 19.4 Å². The topological polar surface area (TPSA) is 40.6 Å². The normalized spacial score (nSPS) is 11.0. The maximum atomic E-state index is 6.23. The van der Waals surface area contributed by atoms with E-state index in [2.05, 4.69) is 51.1 Å². The SMILES string of the molecule is CCc1cccc(CC)c1-c1nc(C)c(COc2ccc3ccc(OC)cc3c2)c(OC)c1C. The van der Waals surface area contributed by atoms with E-state index < -0.39 is 0 Å². The Morgan fingerprint density at radius 1 is 0.765 bits per heavy atom. The first-order valence-corrected chi connectivity index (χ1v) is 11.9. The lowest BCUT2D eigenvalue weighted by Gasteiger charge is -2.20. The summed E-state index contributed by atoms with van der Waals surface area (Å²) in [7, 11) is 3.40. The van der Waals surface area contributed by atoms with Crippen LogP contribution in [0.1, 0.15) is 41.8 Å². The number of aromatic nitrogens is 1. The van der Waals surface area contributed by atoms with E-state index in [4.69, 9.17) is 19.2 Å². The Hall–Kier alpha value is -3.53. The average Bonchev–Trinajstić information content (AvgIpc) is 2.87. The lowest BCUT2D eigenvalue weighted by Crippen LogP contribution is -2.08. The molecule has 4 aromatic rings. The molecule has 0 atom stereocenters. The van der Waals surface area contributed by atoms with Crippen molar-refractivity contribution in [3.63, 3.8) is 0 Å². The fraction of sp³-hybridized carbons (Fsp3) is 0.300. The number of hydrogen-bond acceptors (Lipinski definition) is 4. The third-order valence-electron chi connectivity index (χ3n) is 6.53. The van der Waals surface area contributed by atoms with Gasteiger partial charge < -0.3 is 14.2 Å². The van der Waals surface area contributed by atoms with Crippen molar-refractivity contribution in [2.75, 3.05) is 14.2 Å². The van der Waals surface area contributed by atoms with Crippen molar-refractivity contribution in [3.05, 3.63) is 82.5 Å². The van der Waals surface area contributed by atoms with E-state index in [0.29, 0.717) is 6.61 Å². The highest BCUT2D eigenvalue weighted by Crippen LogP contribution is 2.37. The number of benzene rings is 3. The number of hydrogen-bond donors (Lipinski definition) is 0. The zero-order valence-electron chi connectivity index (χ0n) is 21.0. The summed E-state index contributed by atoms with van der Waals surface area (Å²) in [6.07, 6.45) is 1.92. The van der Waals surface area contributed by atoms with Gasteiger partial charge in [-0.1, -0.05) is 44.2 Å². The van der Waals surface area contributed by atoms with Crippen molar-refractivity contribution in [2.24, 2.45) is 0 Å². The molecule has 0 amide bonds. The Morgan fingerprint density at radius 3 is 2.03 bits per heavy atom. The first-order valence-electron chi connectivity index (χ1n) is 11.9. The molecule has 0 aliphatic heterocycles. The van der Waals surface area contributed by atoms with Gasteiger partial charge in [-0.3, -0.25) is 4.98 Å². The molecule has 1 heterocycles. The van der Waals surface area contributed by atoms with E-state index in [1.807, 2.05) is 31.2 Å². The number of aryl methyl sites for hydroxylation is 3. The molecule has 0 bridgehead atoms. The molecule has 0 spiro atoms. The van der Waals surface area contributed by atoms with Crippen molar-refractivity contribution in [1.82, 2.24) is 4.98 Å².